The molecule has 7 nitrogen and oxygen atoms in total. The fourth-order valence-corrected chi connectivity index (χ4v) is 4.33. The van der Waals surface area contributed by atoms with E-state index in [1.165, 1.54) is 12.0 Å². The molecule has 1 fully saturated rings. The number of ether oxygens (including phenoxy) is 1. The zero-order valence-electron chi connectivity index (χ0n) is 16.5. The van der Waals surface area contributed by atoms with E-state index in [-0.39, 0.29) is 17.5 Å². The van der Waals surface area contributed by atoms with Crippen molar-refractivity contribution in [3.05, 3.63) is 0 Å². The average Bonchev–Trinajstić information content (AvgIpc) is 2.46. The molecule has 25 heavy (non-hydrogen) atoms. The van der Waals surface area contributed by atoms with Crippen LogP contribution in [0.4, 0.5) is 0 Å². The lowest BCUT2D eigenvalue weighted by molar-refractivity contribution is -0.177. The van der Waals surface area contributed by atoms with Crippen LogP contribution in [-0.4, -0.2) is 62.0 Å². The van der Waals surface area contributed by atoms with Gasteiger partial charge in [-0.05, 0) is 32.0 Å². The van der Waals surface area contributed by atoms with Crippen LogP contribution in [0.5, 0.6) is 0 Å². The molecule has 4 atom stereocenters. The number of β-lactam (4-membered cyclic amide) rings is 1. The first-order valence-corrected chi connectivity index (χ1v) is 11.4. The van der Waals surface area contributed by atoms with Gasteiger partial charge in [0, 0.05) is 0 Å². The summed E-state index contributed by atoms with van der Waals surface area (Å²) in [7, 11) is -0.866. The largest absolute Gasteiger partial charge is 0.481 e. The number of carbonyl (C=O) groups is 3. The maximum atomic E-state index is 12.6. The van der Waals surface area contributed by atoms with Crippen molar-refractivity contribution < 1.29 is 28.7 Å². The molecule has 1 amide bonds. The molecular formula is C17H31NO6Si. The predicted molar refractivity (Wildman–Crippen MR) is 95.6 cm³/mol. The maximum Gasteiger partial charge on any atom is 0.325 e. The Kier molecular flexibility index (Phi) is 6.45. The van der Waals surface area contributed by atoms with Crippen LogP contribution in [0.2, 0.25) is 18.1 Å². The third-order valence-corrected chi connectivity index (χ3v) is 10.1. The van der Waals surface area contributed by atoms with E-state index in [1.54, 1.807) is 6.92 Å². The van der Waals surface area contributed by atoms with Gasteiger partial charge in [-0.25, -0.2) is 0 Å². The molecular weight excluding hydrogens is 342 g/mol. The number of amides is 1. The van der Waals surface area contributed by atoms with Crippen LogP contribution >= 0.6 is 0 Å². The molecule has 1 aliphatic rings. The molecule has 0 aromatic carbocycles. The van der Waals surface area contributed by atoms with Crippen molar-refractivity contribution in [2.24, 2.45) is 11.8 Å². The van der Waals surface area contributed by atoms with Crippen molar-refractivity contribution in [1.82, 2.24) is 4.90 Å². The van der Waals surface area contributed by atoms with Crippen LogP contribution in [-0.2, 0) is 23.5 Å². The van der Waals surface area contributed by atoms with Gasteiger partial charge < -0.3 is 19.2 Å². The van der Waals surface area contributed by atoms with Crippen LogP contribution in [0.3, 0.4) is 0 Å². The highest BCUT2D eigenvalue weighted by Gasteiger charge is 2.56. The number of methoxy groups -OCH3 is 1. The number of aliphatic carboxylic acids is 1. The highest BCUT2D eigenvalue weighted by Crippen LogP contribution is 2.41. The molecule has 1 heterocycles. The summed E-state index contributed by atoms with van der Waals surface area (Å²) in [6, 6.07) is -0.580. The van der Waals surface area contributed by atoms with E-state index in [1.807, 2.05) is 6.92 Å². The van der Waals surface area contributed by atoms with Gasteiger partial charge in [-0.1, -0.05) is 20.8 Å². The second-order valence-electron chi connectivity index (χ2n) is 8.27. The maximum absolute atomic E-state index is 12.6. The zero-order valence-corrected chi connectivity index (χ0v) is 17.5. The third-order valence-electron chi connectivity index (χ3n) is 5.52. The van der Waals surface area contributed by atoms with Crippen LogP contribution < -0.4 is 0 Å². The van der Waals surface area contributed by atoms with Gasteiger partial charge in [-0.3, -0.25) is 14.4 Å². The van der Waals surface area contributed by atoms with E-state index < -0.39 is 44.2 Å². The van der Waals surface area contributed by atoms with Crippen molar-refractivity contribution in [1.29, 1.82) is 0 Å². The molecule has 0 aromatic rings. The number of rotatable bonds is 7. The molecule has 0 spiro atoms. The van der Waals surface area contributed by atoms with Gasteiger partial charge in [0.05, 0.1) is 31.1 Å². The van der Waals surface area contributed by atoms with Crippen molar-refractivity contribution >= 4 is 26.2 Å². The highest BCUT2D eigenvalue weighted by molar-refractivity contribution is 6.74. The van der Waals surface area contributed by atoms with Gasteiger partial charge in [-0.2, -0.15) is 0 Å². The smallest absolute Gasteiger partial charge is 0.325 e. The molecule has 144 valence electrons. The fraction of sp³-hybridized carbons (Fsp3) is 0.824. The number of carboxylic acids is 1. The second-order valence-corrected chi connectivity index (χ2v) is 13.0. The zero-order chi connectivity index (χ0) is 19.7. The normalized spacial score (nSPS) is 23.7. The minimum Gasteiger partial charge on any atom is -0.481 e. The summed E-state index contributed by atoms with van der Waals surface area (Å²) in [6.45, 7) is 13.6. The summed E-state index contributed by atoms with van der Waals surface area (Å²) in [5, 5.41) is 9.37. The Morgan fingerprint density at radius 3 is 2.20 bits per heavy atom. The fourth-order valence-electron chi connectivity index (χ4n) is 2.90. The first kappa shape index (κ1) is 21.6. The number of hydrogen-bond donors (Lipinski definition) is 1. The van der Waals surface area contributed by atoms with Crippen LogP contribution in [0.25, 0.3) is 0 Å². The predicted octanol–water partition coefficient (Wildman–Crippen LogP) is 2.12. The Morgan fingerprint density at radius 2 is 1.80 bits per heavy atom. The van der Waals surface area contributed by atoms with E-state index in [4.69, 9.17) is 4.43 Å². The molecule has 1 aliphatic heterocycles. The lowest BCUT2D eigenvalue weighted by Crippen LogP contribution is -2.69. The minimum atomic E-state index is -2.11. The first-order valence-electron chi connectivity index (χ1n) is 8.52. The van der Waals surface area contributed by atoms with Crippen molar-refractivity contribution in [2.45, 2.75) is 64.9 Å². The van der Waals surface area contributed by atoms with Crippen molar-refractivity contribution in [3.8, 4) is 0 Å². The van der Waals surface area contributed by atoms with Crippen LogP contribution in [0, 0.1) is 11.8 Å². The summed E-state index contributed by atoms with van der Waals surface area (Å²) in [5.74, 6) is -3.18. The SMILES string of the molecule is COC(=O)CN1C(=O)[C@H]([C@@H](C)O[Si](C)(C)C(C)(C)C)[C@H]1C(C)C(=O)O. The van der Waals surface area contributed by atoms with Gasteiger partial charge in [0.15, 0.2) is 8.32 Å². The van der Waals surface area contributed by atoms with E-state index in [2.05, 4.69) is 38.6 Å². The summed E-state index contributed by atoms with van der Waals surface area (Å²) >= 11 is 0. The third kappa shape index (κ3) is 4.41. The summed E-state index contributed by atoms with van der Waals surface area (Å²) in [5.41, 5.74) is 0. The van der Waals surface area contributed by atoms with E-state index >= 15 is 0 Å². The standard InChI is InChI=1S/C17H31NO6Si/c1-10(16(21)22)14-13(15(20)18(14)9-12(19)23-6)11(2)24-25(7,8)17(3,4)5/h10-11,13-14H,9H2,1-8H3,(H,21,22)/t10?,11-,13-,14-/m1/s1. The van der Waals surface area contributed by atoms with Crippen LogP contribution in [0.15, 0.2) is 0 Å². The topological polar surface area (TPSA) is 93.1 Å². The van der Waals surface area contributed by atoms with E-state index in [9.17, 15) is 19.5 Å². The summed E-state index contributed by atoms with van der Waals surface area (Å²) in [4.78, 5) is 36.9. The Bertz CT molecular complexity index is 542. The lowest BCUT2D eigenvalue weighted by Gasteiger charge is -2.52. The van der Waals surface area contributed by atoms with Gasteiger partial charge in [0.1, 0.15) is 6.54 Å². The van der Waals surface area contributed by atoms with Gasteiger partial charge >= 0.3 is 11.9 Å². The Labute approximate surface area is 150 Å². The van der Waals surface area contributed by atoms with Gasteiger partial charge in [0.25, 0.3) is 0 Å². The molecule has 1 saturated heterocycles. The highest BCUT2D eigenvalue weighted by atomic mass is 28.4. The van der Waals surface area contributed by atoms with E-state index in [0.717, 1.165) is 0 Å². The lowest BCUT2D eigenvalue weighted by atomic mass is 9.76. The average molecular weight is 374 g/mol. The molecule has 1 N–H and O–H groups in total. The molecule has 0 radical (unpaired) electrons. The van der Waals surface area contributed by atoms with Crippen LogP contribution in [0.1, 0.15) is 34.6 Å². The minimum absolute atomic E-state index is 0.0202. The Balaban J connectivity index is 3.02. The second kappa shape index (κ2) is 7.45. The number of carbonyl (C=O) groups excluding carboxylic acids is 2. The Morgan fingerprint density at radius 1 is 1.28 bits per heavy atom. The number of hydrogen-bond acceptors (Lipinski definition) is 5. The van der Waals surface area contributed by atoms with Crippen molar-refractivity contribution in [3.63, 3.8) is 0 Å². The molecule has 1 rings (SSSR count). The molecule has 1 unspecified atom stereocenters. The molecule has 8 heteroatoms. The quantitative estimate of drug-likeness (QED) is 0.417. The summed E-state index contributed by atoms with van der Waals surface area (Å²) < 4.78 is 10.9. The number of nitrogens with zero attached hydrogens (tertiary/aromatic N) is 1. The molecule has 0 aliphatic carbocycles. The monoisotopic (exact) mass is 373 g/mol. The van der Waals surface area contributed by atoms with E-state index in [0.29, 0.717) is 0 Å². The molecule has 0 aromatic heterocycles. The van der Waals surface area contributed by atoms with Crippen molar-refractivity contribution in [2.75, 3.05) is 13.7 Å². The van der Waals surface area contributed by atoms with Gasteiger partial charge in [-0.15, -0.1) is 0 Å². The Hall–Kier alpha value is -1.41. The number of likely N-dealkylation sites (tertiary alicyclic amines) is 1. The number of carboxylic acid groups (broad SMARTS) is 1. The first-order chi connectivity index (χ1) is 11.2. The van der Waals surface area contributed by atoms with Gasteiger partial charge in [0.2, 0.25) is 5.91 Å². The number of esters is 1. The molecule has 0 bridgehead atoms. The molecule has 0 saturated carbocycles. The summed E-state index contributed by atoms with van der Waals surface area (Å²) in [6.07, 6.45) is -0.408.